The third-order valence-electron chi connectivity index (χ3n) is 4.16. The minimum atomic E-state index is -0.236. The minimum Gasteiger partial charge on any atom is -0.490 e. The highest BCUT2D eigenvalue weighted by Gasteiger charge is 2.24. The number of aromatic nitrogens is 2. The fourth-order valence-corrected chi connectivity index (χ4v) is 2.92. The van der Waals surface area contributed by atoms with Crippen LogP contribution >= 0.6 is 11.6 Å². The second kappa shape index (κ2) is 7.95. The predicted octanol–water partition coefficient (Wildman–Crippen LogP) is 3.12. The number of halogens is 1. The van der Waals surface area contributed by atoms with E-state index in [-0.39, 0.29) is 28.9 Å². The Labute approximate surface area is 150 Å². The first-order valence-electron chi connectivity index (χ1n) is 8.11. The average molecular weight is 357 g/mol. The molecule has 0 unspecified atom stereocenters. The molecule has 0 spiro atoms. The van der Waals surface area contributed by atoms with Crippen molar-refractivity contribution < 1.29 is 9.53 Å². The maximum Gasteiger partial charge on any atom is 0.272 e. The van der Waals surface area contributed by atoms with E-state index in [1.54, 1.807) is 24.3 Å². The standard InChI is InChI=1S/C18H17ClN4O2/c19-17-10-9-16(22-23-17)18(24)21-13-3-7-15(8-4-13)25-14-5-1-12(11-20)2-6-14/h1-2,5-6,9-10,13,15H,3-4,7-8H2,(H,21,24)/t13-,15-. The summed E-state index contributed by atoms with van der Waals surface area (Å²) in [5.74, 6) is 0.531. The third-order valence-corrected chi connectivity index (χ3v) is 4.36. The molecule has 1 fully saturated rings. The highest BCUT2D eigenvalue weighted by atomic mass is 35.5. The number of benzene rings is 1. The van der Waals surface area contributed by atoms with Crippen LogP contribution in [0.4, 0.5) is 0 Å². The van der Waals surface area contributed by atoms with E-state index >= 15 is 0 Å². The van der Waals surface area contributed by atoms with Gasteiger partial charge in [-0.25, -0.2) is 0 Å². The van der Waals surface area contributed by atoms with Crippen LogP contribution in [0.1, 0.15) is 41.7 Å². The van der Waals surface area contributed by atoms with Crippen LogP contribution in [0.25, 0.3) is 0 Å². The van der Waals surface area contributed by atoms with Gasteiger partial charge in [-0.1, -0.05) is 11.6 Å². The molecule has 25 heavy (non-hydrogen) atoms. The number of hydrogen-bond donors (Lipinski definition) is 1. The number of carbonyl (C=O) groups excluding carboxylic acids is 1. The van der Waals surface area contributed by atoms with Gasteiger partial charge in [0.1, 0.15) is 5.75 Å². The molecule has 1 amide bonds. The number of rotatable bonds is 4. The lowest BCUT2D eigenvalue weighted by Gasteiger charge is -2.29. The molecule has 1 aliphatic carbocycles. The van der Waals surface area contributed by atoms with Gasteiger partial charge < -0.3 is 10.1 Å². The first-order valence-corrected chi connectivity index (χ1v) is 8.49. The molecule has 128 valence electrons. The van der Waals surface area contributed by atoms with E-state index in [1.807, 2.05) is 12.1 Å². The smallest absolute Gasteiger partial charge is 0.272 e. The van der Waals surface area contributed by atoms with Crippen LogP contribution in [-0.4, -0.2) is 28.3 Å². The number of ether oxygens (including phenoxy) is 1. The Morgan fingerprint density at radius 1 is 1.12 bits per heavy atom. The SMILES string of the molecule is N#Cc1ccc(O[C@H]2CC[C@H](NC(=O)c3ccc(Cl)nn3)CC2)cc1. The van der Waals surface area contributed by atoms with Crippen molar-refractivity contribution in [3.05, 3.63) is 52.8 Å². The highest BCUT2D eigenvalue weighted by Crippen LogP contribution is 2.24. The molecule has 0 atom stereocenters. The van der Waals surface area contributed by atoms with E-state index in [4.69, 9.17) is 21.6 Å². The molecule has 1 aromatic heterocycles. The topological polar surface area (TPSA) is 87.9 Å². The van der Waals surface area contributed by atoms with Gasteiger partial charge in [0.15, 0.2) is 10.8 Å². The fourth-order valence-electron chi connectivity index (χ4n) is 2.82. The van der Waals surface area contributed by atoms with Crippen LogP contribution in [0.15, 0.2) is 36.4 Å². The molecular weight excluding hydrogens is 340 g/mol. The van der Waals surface area contributed by atoms with Gasteiger partial charge in [-0.15, -0.1) is 10.2 Å². The second-order valence-electron chi connectivity index (χ2n) is 5.94. The Morgan fingerprint density at radius 2 is 1.84 bits per heavy atom. The zero-order chi connectivity index (χ0) is 17.6. The molecule has 3 rings (SSSR count). The number of nitrogens with zero attached hydrogens (tertiary/aromatic N) is 3. The zero-order valence-electron chi connectivity index (χ0n) is 13.5. The van der Waals surface area contributed by atoms with Gasteiger partial charge >= 0.3 is 0 Å². The quantitative estimate of drug-likeness (QED) is 0.909. The van der Waals surface area contributed by atoms with Crippen LogP contribution in [0.3, 0.4) is 0 Å². The summed E-state index contributed by atoms with van der Waals surface area (Å²) in [4.78, 5) is 12.1. The Balaban J connectivity index is 1.47. The number of nitriles is 1. The molecular formula is C18H17ClN4O2. The lowest BCUT2D eigenvalue weighted by molar-refractivity contribution is 0.0888. The van der Waals surface area contributed by atoms with Crippen LogP contribution < -0.4 is 10.1 Å². The molecule has 1 aliphatic rings. The van der Waals surface area contributed by atoms with Crippen LogP contribution in [0.5, 0.6) is 5.75 Å². The first-order chi connectivity index (χ1) is 12.1. The predicted molar refractivity (Wildman–Crippen MR) is 92.3 cm³/mol. The summed E-state index contributed by atoms with van der Waals surface area (Å²) in [6, 6.07) is 12.4. The molecule has 1 heterocycles. The maximum absolute atomic E-state index is 12.1. The molecule has 1 aromatic carbocycles. The molecule has 0 saturated heterocycles. The molecule has 0 bridgehead atoms. The first kappa shape index (κ1) is 17.2. The minimum absolute atomic E-state index is 0.103. The maximum atomic E-state index is 12.1. The Hall–Kier alpha value is -2.65. The summed E-state index contributed by atoms with van der Waals surface area (Å²) < 4.78 is 5.95. The summed E-state index contributed by atoms with van der Waals surface area (Å²) in [6.07, 6.45) is 3.52. The van der Waals surface area contributed by atoms with E-state index in [9.17, 15) is 4.79 Å². The van der Waals surface area contributed by atoms with E-state index < -0.39 is 0 Å². The number of hydrogen-bond acceptors (Lipinski definition) is 5. The molecule has 2 aromatic rings. The van der Waals surface area contributed by atoms with Gasteiger partial charge in [0.25, 0.3) is 5.91 Å². The lowest BCUT2D eigenvalue weighted by atomic mass is 9.93. The van der Waals surface area contributed by atoms with Crippen LogP contribution in [-0.2, 0) is 0 Å². The highest BCUT2D eigenvalue weighted by molar-refractivity contribution is 6.29. The van der Waals surface area contributed by atoms with Crippen molar-refractivity contribution in [2.24, 2.45) is 0 Å². The third kappa shape index (κ3) is 4.68. The van der Waals surface area contributed by atoms with Crippen molar-refractivity contribution in [1.82, 2.24) is 15.5 Å². The van der Waals surface area contributed by atoms with Gasteiger partial charge in [-0.2, -0.15) is 5.26 Å². The van der Waals surface area contributed by atoms with Crippen LogP contribution in [0.2, 0.25) is 5.15 Å². The van der Waals surface area contributed by atoms with Crippen molar-refractivity contribution in [1.29, 1.82) is 5.26 Å². The monoisotopic (exact) mass is 356 g/mol. The summed E-state index contributed by atoms with van der Waals surface area (Å²) >= 11 is 5.67. The van der Waals surface area contributed by atoms with Gasteiger partial charge in [0.05, 0.1) is 17.7 Å². The van der Waals surface area contributed by atoms with Gasteiger partial charge in [0.2, 0.25) is 0 Å². The molecule has 1 saturated carbocycles. The molecule has 1 N–H and O–H groups in total. The number of carbonyl (C=O) groups is 1. The zero-order valence-corrected chi connectivity index (χ0v) is 14.2. The van der Waals surface area contributed by atoms with Crippen molar-refractivity contribution in [3.63, 3.8) is 0 Å². The van der Waals surface area contributed by atoms with E-state index in [1.165, 1.54) is 0 Å². The summed E-state index contributed by atoms with van der Waals surface area (Å²) in [7, 11) is 0. The fraction of sp³-hybridized carbons (Fsp3) is 0.333. The largest absolute Gasteiger partial charge is 0.490 e. The summed E-state index contributed by atoms with van der Waals surface area (Å²) in [5.41, 5.74) is 0.879. The van der Waals surface area contributed by atoms with Gasteiger partial charge in [0, 0.05) is 6.04 Å². The van der Waals surface area contributed by atoms with Crippen molar-refractivity contribution >= 4 is 17.5 Å². The van der Waals surface area contributed by atoms with Gasteiger partial charge in [-0.05, 0) is 62.1 Å². The Morgan fingerprint density at radius 3 is 2.44 bits per heavy atom. The van der Waals surface area contributed by atoms with Crippen molar-refractivity contribution in [2.45, 2.75) is 37.8 Å². The van der Waals surface area contributed by atoms with Gasteiger partial charge in [-0.3, -0.25) is 4.79 Å². The second-order valence-corrected chi connectivity index (χ2v) is 6.33. The van der Waals surface area contributed by atoms with Crippen molar-refractivity contribution in [2.75, 3.05) is 0 Å². The Bertz CT molecular complexity index is 763. The molecule has 7 heteroatoms. The van der Waals surface area contributed by atoms with Crippen molar-refractivity contribution in [3.8, 4) is 11.8 Å². The number of amides is 1. The van der Waals surface area contributed by atoms with E-state index in [0.717, 1.165) is 31.4 Å². The molecule has 6 nitrogen and oxygen atoms in total. The Kier molecular flexibility index (Phi) is 5.46. The van der Waals surface area contributed by atoms with E-state index in [0.29, 0.717) is 5.56 Å². The average Bonchev–Trinajstić information content (AvgIpc) is 2.64. The normalized spacial score (nSPS) is 19.7. The molecule has 0 radical (unpaired) electrons. The number of nitrogens with one attached hydrogen (secondary N) is 1. The lowest BCUT2D eigenvalue weighted by Crippen LogP contribution is -2.40. The van der Waals surface area contributed by atoms with E-state index in [2.05, 4.69) is 21.6 Å². The summed E-state index contributed by atoms with van der Waals surface area (Å²) in [6.45, 7) is 0. The molecule has 0 aliphatic heterocycles. The summed E-state index contributed by atoms with van der Waals surface area (Å²) in [5, 5.41) is 19.5. The van der Waals surface area contributed by atoms with Crippen LogP contribution in [0, 0.1) is 11.3 Å².